The van der Waals surface area contributed by atoms with Gasteiger partial charge in [0.05, 0.1) is 0 Å². The predicted molar refractivity (Wildman–Crippen MR) is 77.2 cm³/mol. The van der Waals surface area contributed by atoms with E-state index in [1.807, 2.05) is 0 Å². The predicted octanol–water partition coefficient (Wildman–Crippen LogP) is 3.58. The fourth-order valence-corrected chi connectivity index (χ4v) is 3.91. The summed E-state index contributed by atoms with van der Waals surface area (Å²) in [5.41, 5.74) is -0.644. The lowest BCUT2D eigenvalue weighted by atomic mass is 9.71. The molecular weight excluding hydrogens is 238 g/mol. The van der Waals surface area contributed by atoms with Gasteiger partial charge in [0.2, 0.25) is 0 Å². The number of rotatable bonds is 4. The Morgan fingerprint density at radius 3 is 2.42 bits per heavy atom. The summed E-state index contributed by atoms with van der Waals surface area (Å²) in [6, 6.07) is 0.427. The van der Waals surface area contributed by atoms with Crippen molar-refractivity contribution >= 4 is 5.97 Å². The SMILES string of the molecule is CC(C)C1CCCC(NC2CCCCC2)(C(=O)O)C1. The minimum atomic E-state index is -0.644. The van der Waals surface area contributed by atoms with Crippen LogP contribution >= 0.6 is 0 Å². The molecule has 0 amide bonds. The van der Waals surface area contributed by atoms with Gasteiger partial charge in [-0.1, -0.05) is 46.0 Å². The standard InChI is InChI=1S/C16H29NO2/c1-12(2)13-7-6-10-16(11-13,15(18)19)17-14-8-4-3-5-9-14/h12-14,17H,3-11H2,1-2H3,(H,18,19). The van der Waals surface area contributed by atoms with E-state index in [0.717, 1.165) is 32.1 Å². The molecule has 2 aliphatic rings. The molecule has 2 unspecified atom stereocenters. The van der Waals surface area contributed by atoms with E-state index in [0.29, 0.717) is 17.9 Å². The third-order valence-electron chi connectivity index (χ3n) is 5.23. The van der Waals surface area contributed by atoms with Gasteiger partial charge in [-0.15, -0.1) is 0 Å². The minimum absolute atomic E-state index is 0.427. The molecule has 3 nitrogen and oxygen atoms in total. The minimum Gasteiger partial charge on any atom is -0.480 e. The number of aliphatic carboxylic acids is 1. The molecule has 0 aromatic heterocycles. The summed E-state index contributed by atoms with van der Waals surface area (Å²) in [6.45, 7) is 4.45. The number of carbonyl (C=O) groups is 1. The third-order valence-corrected chi connectivity index (χ3v) is 5.23. The zero-order valence-electron chi connectivity index (χ0n) is 12.5. The van der Waals surface area contributed by atoms with Crippen LogP contribution in [0.5, 0.6) is 0 Å². The molecule has 0 aromatic carbocycles. The first kappa shape index (κ1) is 14.8. The highest BCUT2D eigenvalue weighted by Crippen LogP contribution is 2.37. The highest BCUT2D eigenvalue weighted by atomic mass is 16.4. The summed E-state index contributed by atoms with van der Waals surface area (Å²) in [6.07, 6.45) is 9.99. The number of nitrogens with one attached hydrogen (secondary N) is 1. The molecule has 2 rings (SSSR count). The summed E-state index contributed by atoms with van der Waals surface area (Å²) >= 11 is 0. The quantitative estimate of drug-likeness (QED) is 0.818. The van der Waals surface area contributed by atoms with Crippen LogP contribution in [0.25, 0.3) is 0 Å². The van der Waals surface area contributed by atoms with E-state index in [2.05, 4.69) is 19.2 Å². The van der Waals surface area contributed by atoms with Crippen molar-refractivity contribution in [2.24, 2.45) is 11.8 Å². The molecule has 2 aliphatic carbocycles. The Hall–Kier alpha value is -0.570. The maximum Gasteiger partial charge on any atom is 0.323 e. The molecule has 0 heterocycles. The van der Waals surface area contributed by atoms with Crippen LogP contribution in [0.2, 0.25) is 0 Å². The van der Waals surface area contributed by atoms with Crippen LogP contribution in [0.1, 0.15) is 71.6 Å². The van der Waals surface area contributed by atoms with Gasteiger partial charge < -0.3 is 5.11 Å². The van der Waals surface area contributed by atoms with Crippen molar-refractivity contribution in [1.82, 2.24) is 5.32 Å². The van der Waals surface area contributed by atoms with Gasteiger partial charge in [0.15, 0.2) is 0 Å². The number of carboxylic acid groups (broad SMARTS) is 1. The maximum absolute atomic E-state index is 11.9. The summed E-state index contributed by atoms with van der Waals surface area (Å²) in [5.74, 6) is 0.525. The van der Waals surface area contributed by atoms with Gasteiger partial charge >= 0.3 is 5.97 Å². The number of hydrogen-bond donors (Lipinski definition) is 2. The van der Waals surface area contributed by atoms with Crippen LogP contribution in [0.15, 0.2) is 0 Å². The van der Waals surface area contributed by atoms with Crippen molar-refractivity contribution in [2.75, 3.05) is 0 Å². The second kappa shape index (κ2) is 6.25. The molecule has 2 fully saturated rings. The average molecular weight is 267 g/mol. The molecule has 3 heteroatoms. The fraction of sp³-hybridized carbons (Fsp3) is 0.938. The van der Waals surface area contributed by atoms with Crippen molar-refractivity contribution < 1.29 is 9.90 Å². The van der Waals surface area contributed by atoms with E-state index in [9.17, 15) is 9.90 Å². The molecular formula is C16H29NO2. The molecule has 2 N–H and O–H groups in total. The second-order valence-corrected chi connectivity index (χ2v) is 6.97. The molecule has 0 radical (unpaired) electrons. The van der Waals surface area contributed by atoms with E-state index in [4.69, 9.17) is 0 Å². The first-order valence-corrected chi connectivity index (χ1v) is 8.04. The van der Waals surface area contributed by atoms with E-state index < -0.39 is 11.5 Å². The van der Waals surface area contributed by atoms with Gasteiger partial charge in [-0.25, -0.2) is 0 Å². The van der Waals surface area contributed by atoms with Crippen LogP contribution in [0, 0.1) is 11.8 Å². The van der Waals surface area contributed by atoms with Crippen molar-refractivity contribution in [3.63, 3.8) is 0 Å². The third kappa shape index (κ3) is 3.50. The highest BCUT2D eigenvalue weighted by Gasteiger charge is 2.44. The summed E-state index contributed by atoms with van der Waals surface area (Å²) in [7, 11) is 0. The van der Waals surface area contributed by atoms with Gasteiger partial charge in [0, 0.05) is 6.04 Å². The van der Waals surface area contributed by atoms with Gasteiger partial charge in [-0.05, 0) is 37.5 Å². The molecule has 110 valence electrons. The monoisotopic (exact) mass is 267 g/mol. The molecule has 2 saturated carbocycles. The van der Waals surface area contributed by atoms with Gasteiger partial charge in [0.1, 0.15) is 5.54 Å². The van der Waals surface area contributed by atoms with Crippen LogP contribution in [0.3, 0.4) is 0 Å². The number of carboxylic acids is 1. The lowest BCUT2D eigenvalue weighted by molar-refractivity contribution is -0.148. The molecule has 0 aromatic rings. The van der Waals surface area contributed by atoms with Crippen molar-refractivity contribution in [3.05, 3.63) is 0 Å². The molecule has 0 aliphatic heterocycles. The summed E-state index contributed by atoms with van der Waals surface area (Å²) in [4.78, 5) is 11.9. The Bertz CT molecular complexity index is 310. The Labute approximate surface area is 117 Å². The number of hydrogen-bond acceptors (Lipinski definition) is 2. The second-order valence-electron chi connectivity index (χ2n) is 6.97. The first-order chi connectivity index (χ1) is 9.03. The Morgan fingerprint density at radius 1 is 1.16 bits per heavy atom. The van der Waals surface area contributed by atoms with Crippen molar-refractivity contribution in [2.45, 2.75) is 83.2 Å². The zero-order valence-corrected chi connectivity index (χ0v) is 12.5. The Morgan fingerprint density at radius 2 is 1.84 bits per heavy atom. The van der Waals surface area contributed by atoms with Crippen molar-refractivity contribution in [1.29, 1.82) is 0 Å². The molecule has 0 spiro atoms. The largest absolute Gasteiger partial charge is 0.480 e. The summed E-state index contributed by atoms with van der Waals surface area (Å²) < 4.78 is 0. The van der Waals surface area contributed by atoms with E-state index in [-0.39, 0.29) is 0 Å². The Balaban J connectivity index is 2.06. The van der Waals surface area contributed by atoms with Crippen LogP contribution < -0.4 is 5.32 Å². The lowest BCUT2D eigenvalue weighted by Gasteiger charge is -2.42. The van der Waals surface area contributed by atoms with E-state index in [1.165, 1.54) is 25.7 Å². The lowest BCUT2D eigenvalue weighted by Crippen LogP contribution is -2.58. The molecule has 2 atom stereocenters. The molecule has 19 heavy (non-hydrogen) atoms. The topological polar surface area (TPSA) is 49.3 Å². The van der Waals surface area contributed by atoms with Gasteiger partial charge in [-0.2, -0.15) is 0 Å². The van der Waals surface area contributed by atoms with E-state index in [1.54, 1.807) is 0 Å². The van der Waals surface area contributed by atoms with Gasteiger partial charge in [0.25, 0.3) is 0 Å². The highest BCUT2D eigenvalue weighted by molar-refractivity contribution is 5.79. The van der Waals surface area contributed by atoms with Crippen LogP contribution in [-0.2, 0) is 4.79 Å². The average Bonchev–Trinajstić information content (AvgIpc) is 2.40. The van der Waals surface area contributed by atoms with Crippen molar-refractivity contribution in [3.8, 4) is 0 Å². The smallest absolute Gasteiger partial charge is 0.323 e. The first-order valence-electron chi connectivity index (χ1n) is 8.04. The molecule has 0 saturated heterocycles. The summed E-state index contributed by atoms with van der Waals surface area (Å²) in [5, 5.41) is 13.3. The van der Waals surface area contributed by atoms with Gasteiger partial charge in [-0.3, -0.25) is 10.1 Å². The van der Waals surface area contributed by atoms with E-state index >= 15 is 0 Å². The fourth-order valence-electron chi connectivity index (χ4n) is 3.91. The Kier molecular flexibility index (Phi) is 4.88. The van der Waals surface area contributed by atoms with Crippen LogP contribution in [-0.4, -0.2) is 22.7 Å². The normalized spacial score (nSPS) is 33.5. The molecule has 0 bridgehead atoms. The maximum atomic E-state index is 11.9. The van der Waals surface area contributed by atoms with Crippen LogP contribution in [0.4, 0.5) is 0 Å². The zero-order chi connectivity index (χ0) is 13.9.